The average Bonchev–Trinajstić information content (AvgIpc) is 3.20. The summed E-state index contributed by atoms with van der Waals surface area (Å²) in [5.74, 6) is 0.565. The van der Waals surface area contributed by atoms with Crippen LogP contribution in [-0.2, 0) is 6.42 Å². The van der Waals surface area contributed by atoms with E-state index in [0.29, 0.717) is 17.6 Å². The lowest BCUT2D eigenvalue weighted by Crippen LogP contribution is -2.22. The molecule has 5 nitrogen and oxygen atoms in total. The van der Waals surface area contributed by atoms with Gasteiger partial charge < -0.3 is 10.6 Å². The number of hydrogen-bond acceptors (Lipinski definition) is 4. The van der Waals surface area contributed by atoms with Gasteiger partial charge in [0, 0.05) is 24.5 Å². The van der Waals surface area contributed by atoms with E-state index < -0.39 is 0 Å². The first-order valence-corrected chi connectivity index (χ1v) is 10.2. The van der Waals surface area contributed by atoms with Gasteiger partial charge in [-0.05, 0) is 61.6 Å². The van der Waals surface area contributed by atoms with Gasteiger partial charge in [0.05, 0.1) is 11.3 Å². The summed E-state index contributed by atoms with van der Waals surface area (Å²) in [4.78, 5) is 18.1. The number of aryl methyl sites for hydroxylation is 1. The highest BCUT2D eigenvalue weighted by molar-refractivity contribution is 5.85. The number of nitrogens with zero attached hydrogens (tertiary/aromatic N) is 2. The van der Waals surface area contributed by atoms with E-state index >= 15 is 0 Å². The SMILES string of the molecule is CC(C)CCc1nc2ccccn2c(=O)c1-c1ccc(NC2CCNC2)cc1.Cl. The molecule has 154 valence electrons. The Hall–Kier alpha value is -2.37. The number of benzene rings is 1. The van der Waals surface area contributed by atoms with Gasteiger partial charge in [-0.2, -0.15) is 0 Å². The molecule has 0 aliphatic carbocycles. The fourth-order valence-corrected chi connectivity index (χ4v) is 3.78. The molecule has 0 saturated carbocycles. The van der Waals surface area contributed by atoms with E-state index in [9.17, 15) is 4.79 Å². The van der Waals surface area contributed by atoms with Gasteiger partial charge in [-0.3, -0.25) is 9.20 Å². The minimum absolute atomic E-state index is 0. The molecule has 1 saturated heterocycles. The van der Waals surface area contributed by atoms with E-state index in [2.05, 4.69) is 36.6 Å². The van der Waals surface area contributed by atoms with Crippen molar-refractivity contribution >= 4 is 23.7 Å². The van der Waals surface area contributed by atoms with E-state index in [0.717, 1.165) is 54.9 Å². The van der Waals surface area contributed by atoms with Crippen LogP contribution in [0, 0.1) is 5.92 Å². The summed E-state index contributed by atoms with van der Waals surface area (Å²) in [5.41, 5.74) is 4.36. The number of nitrogens with one attached hydrogen (secondary N) is 2. The Labute approximate surface area is 178 Å². The van der Waals surface area contributed by atoms with E-state index in [1.165, 1.54) is 0 Å². The van der Waals surface area contributed by atoms with Crippen LogP contribution in [-0.4, -0.2) is 28.5 Å². The highest BCUT2D eigenvalue weighted by atomic mass is 35.5. The van der Waals surface area contributed by atoms with Gasteiger partial charge in [-0.1, -0.05) is 32.0 Å². The van der Waals surface area contributed by atoms with Crippen molar-refractivity contribution in [3.8, 4) is 11.1 Å². The second kappa shape index (κ2) is 9.42. The van der Waals surface area contributed by atoms with Crippen molar-refractivity contribution in [2.75, 3.05) is 18.4 Å². The van der Waals surface area contributed by atoms with Crippen LogP contribution in [0.25, 0.3) is 16.8 Å². The Bertz CT molecular complexity index is 1010. The van der Waals surface area contributed by atoms with Crippen molar-refractivity contribution in [3.05, 3.63) is 64.7 Å². The first-order chi connectivity index (χ1) is 13.6. The predicted molar refractivity (Wildman–Crippen MR) is 122 cm³/mol. The number of rotatable bonds is 6. The second-order valence-corrected chi connectivity index (χ2v) is 8.01. The molecule has 1 aromatic carbocycles. The zero-order valence-corrected chi connectivity index (χ0v) is 17.8. The largest absolute Gasteiger partial charge is 0.381 e. The molecule has 1 unspecified atom stereocenters. The van der Waals surface area contributed by atoms with E-state index in [4.69, 9.17) is 4.98 Å². The third kappa shape index (κ3) is 4.80. The maximum absolute atomic E-state index is 13.3. The van der Waals surface area contributed by atoms with Gasteiger partial charge >= 0.3 is 0 Å². The molecule has 29 heavy (non-hydrogen) atoms. The normalized spacial score (nSPS) is 16.2. The molecular formula is C23H29ClN4O. The monoisotopic (exact) mass is 412 g/mol. The van der Waals surface area contributed by atoms with Crippen molar-refractivity contribution in [2.45, 2.75) is 39.2 Å². The fraction of sp³-hybridized carbons (Fsp3) is 0.391. The van der Waals surface area contributed by atoms with Crippen LogP contribution in [0.2, 0.25) is 0 Å². The Morgan fingerprint density at radius 1 is 1.21 bits per heavy atom. The molecule has 0 radical (unpaired) electrons. The second-order valence-electron chi connectivity index (χ2n) is 8.01. The van der Waals surface area contributed by atoms with E-state index in [-0.39, 0.29) is 18.0 Å². The van der Waals surface area contributed by atoms with Crippen molar-refractivity contribution in [3.63, 3.8) is 0 Å². The summed E-state index contributed by atoms with van der Waals surface area (Å²) < 4.78 is 1.64. The predicted octanol–water partition coefficient (Wildman–Crippen LogP) is 4.15. The summed E-state index contributed by atoms with van der Waals surface area (Å²) in [6.45, 7) is 6.46. The Balaban J connectivity index is 0.00000240. The lowest BCUT2D eigenvalue weighted by atomic mass is 9.99. The van der Waals surface area contributed by atoms with Gasteiger partial charge in [0.2, 0.25) is 0 Å². The first kappa shape index (κ1) is 21.3. The smallest absolute Gasteiger partial charge is 0.265 e. The lowest BCUT2D eigenvalue weighted by Gasteiger charge is -2.15. The van der Waals surface area contributed by atoms with Crippen molar-refractivity contribution in [1.82, 2.24) is 14.7 Å². The number of fused-ring (bicyclic) bond motifs is 1. The molecule has 2 N–H and O–H groups in total. The van der Waals surface area contributed by atoms with Gasteiger partial charge in [-0.15, -0.1) is 12.4 Å². The van der Waals surface area contributed by atoms with Crippen LogP contribution in [0.15, 0.2) is 53.5 Å². The Morgan fingerprint density at radius 3 is 2.69 bits per heavy atom. The Kier molecular flexibility index (Phi) is 6.93. The minimum atomic E-state index is 0. The van der Waals surface area contributed by atoms with E-state index in [1.54, 1.807) is 10.6 Å². The molecule has 0 bridgehead atoms. The summed E-state index contributed by atoms with van der Waals surface area (Å²) in [5, 5.41) is 6.93. The highest BCUT2D eigenvalue weighted by Crippen LogP contribution is 2.24. The molecule has 0 amide bonds. The van der Waals surface area contributed by atoms with Crippen LogP contribution in [0.4, 0.5) is 5.69 Å². The molecule has 1 aliphatic heterocycles. The summed E-state index contributed by atoms with van der Waals surface area (Å²) in [6.07, 6.45) is 4.75. The zero-order chi connectivity index (χ0) is 19.5. The van der Waals surface area contributed by atoms with Crippen LogP contribution in [0.1, 0.15) is 32.4 Å². The molecule has 3 aromatic rings. The van der Waals surface area contributed by atoms with Gasteiger partial charge in [0.25, 0.3) is 5.56 Å². The third-order valence-electron chi connectivity index (χ3n) is 5.37. The summed E-state index contributed by atoms with van der Waals surface area (Å²) in [6, 6.07) is 14.4. The molecule has 1 atom stereocenters. The van der Waals surface area contributed by atoms with Crippen LogP contribution in [0.5, 0.6) is 0 Å². The fourth-order valence-electron chi connectivity index (χ4n) is 3.78. The number of pyridine rings is 1. The molecular weight excluding hydrogens is 384 g/mol. The number of anilines is 1. The van der Waals surface area contributed by atoms with Crippen molar-refractivity contribution in [1.29, 1.82) is 0 Å². The van der Waals surface area contributed by atoms with Gasteiger partial charge in [-0.25, -0.2) is 4.98 Å². The molecule has 3 heterocycles. The summed E-state index contributed by atoms with van der Waals surface area (Å²) >= 11 is 0. The summed E-state index contributed by atoms with van der Waals surface area (Å²) in [7, 11) is 0. The highest BCUT2D eigenvalue weighted by Gasteiger charge is 2.16. The van der Waals surface area contributed by atoms with Gasteiger partial charge in [0.15, 0.2) is 0 Å². The first-order valence-electron chi connectivity index (χ1n) is 10.2. The van der Waals surface area contributed by atoms with Crippen LogP contribution in [0.3, 0.4) is 0 Å². The number of hydrogen-bond donors (Lipinski definition) is 2. The van der Waals surface area contributed by atoms with Gasteiger partial charge in [0.1, 0.15) is 5.65 Å². The number of halogens is 1. The third-order valence-corrected chi connectivity index (χ3v) is 5.37. The Morgan fingerprint density at radius 2 is 2.00 bits per heavy atom. The molecule has 2 aromatic heterocycles. The standard InChI is InChI=1S/C23H28N4O.ClH/c1-16(2)6-11-20-22(23(28)27-14-4-3-5-21(27)26-20)17-7-9-18(10-8-17)25-19-12-13-24-15-19;/h3-5,7-10,14,16,19,24-25H,6,11-13,15H2,1-2H3;1H. The maximum Gasteiger partial charge on any atom is 0.265 e. The quantitative estimate of drug-likeness (QED) is 0.638. The molecule has 0 spiro atoms. The molecule has 1 aliphatic rings. The topological polar surface area (TPSA) is 58.4 Å². The molecule has 4 rings (SSSR count). The van der Waals surface area contributed by atoms with Crippen LogP contribution >= 0.6 is 12.4 Å². The average molecular weight is 413 g/mol. The van der Waals surface area contributed by atoms with Crippen LogP contribution < -0.4 is 16.2 Å². The lowest BCUT2D eigenvalue weighted by molar-refractivity contribution is 0.581. The molecule has 1 fully saturated rings. The van der Waals surface area contributed by atoms with Crippen molar-refractivity contribution < 1.29 is 0 Å². The maximum atomic E-state index is 13.3. The zero-order valence-electron chi connectivity index (χ0n) is 17.0. The number of aromatic nitrogens is 2. The van der Waals surface area contributed by atoms with E-state index in [1.807, 2.05) is 30.3 Å². The van der Waals surface area contributed by atoms with Crippen molar-refractivity contribution in [2.24, 2.45) is 5.92 Å². The molecule has 6 heteroatoms. The minimum Gasteiger partial charge on any atom is -0.381 e.